The lowest BCUT2D eigenvalue weighted by Crippen LogP contribution is -2.19. The predicted octanol–water partition coefficient (Wildman–Crippen LogP) is 2.64. The van der Waals surface area contributed by atoms with Crippen LogP contribution in [-0.4, -0.2) is 21.4 Å². The van der Waals surface area contributed by atoms with E-state index in [9.17, 15) is 17.6 Å². The third-order valence-corrected chi connectivity index (χ3v) is 4.54. The van der Waals surface area contributed by atoms with Gasteiger partial charge in [-0.1, -0.05) is 11.6 Å². The van der Waals surface area contributed by atoms with Gasteiger partial charge in [-0.05, 0) is 49.5 Å². The number of nitrogens with one attached hydrogen (secondary N) is 2. The molecule has 2 rings (SSSR count). The van der Waals surface area contributed by atoms with Gasteiger partial charge in [-0.15, -0.1) is 0 Å². The Hall–Kier alpha value is -1.96. The summed E-state index contributed by atoms with van der Waals surface area (Å²) >= 11 is 5.63. The van der Waals surface area contributed by atoms with Gasteiger partial charge in [0.1, 0.15) is 5.82 Å². The monoisotopic (exact) mass is 342 g/mol. The number of halogens is 2. The molecule has 5 nitrogen and oxygen atoms in total. The minimum Gasteiger partial charge on any atom is -0.319 e. The maximum Gasteiger partial charge on any atom is 0.255 e. The van der Waals surface area contributed by atoms with Gasteiger partial charge in [0.2, 0.25) is 10.0 Å². The first-order valence-corrected chi connectivity index (χ1v) is 7.99. The van der Waals surface area contributed by atoms with Gasteiger partial charge >= 0.3 is 0 Å². The van der Waals surface area contributed by atoms with Crippen molar-refractivity contribution >= 4 is 33.2 Å². The molecular formula is C14H12ClFN2O3S. The van der Waals surface area contributed by atoms with Gasteiger partial charge in [0, 0.05) is 10.6 Å². The standard InChI is InChI=1S/C14H12ClFN2O3S/c1-17-22(20,21)11-5-2-9(3-6-11)14(19)18-13-7-4-10(15)8-12(13)16/h2-8,17H,1H3,(H,18,19). The second-order valence-electron chi connectivity index (χ2n) is 4.31. The fraction of sp³-hybridized carbons (Fsp3) is 0.0714. The largest absolute Gasteiger partial charge is 0.319 e. The van der Waals surface area contributed by atoms with Crippen LogP contribution in [0.15, 0.2) is 47.4 Å². The second kappa shape index (κ2) is 6.43. The van der Waals surface area contributed by atoms with Crippen LogP contribution < -0.4 is 10.0 Å². The fourth-order valence-electron chi connectivity index (χ4n) is 1.69. The number of hydrogen-bond acceptors (Lipinski definition) is 3. The zero-order valence-corrected chi connectivity index (χ0v) is 13.0. The Morgan fingerprint density at radius 2 is 1.77 bits per heavy atom. The van der Waals surface area contributed by atoms with E-state index in [2.05, 4.69) is 10.0 Å². The SMILES string of the molecule is CNS(=O)(=O)c1ccc(C(=O)Nc2ccc(Cl)cc2F)cc1. The first kappa shape index (κ1) is 16.4. The number of amides is 1. The van der Waals surface area contributed by atoms with Gasteiger partial charge in [0.15, 0.2) is 0 Å². The summed E-state index contributed by atoms with van der Waals surface area (Å²) in [6.07, 6.45) is 0. The number of benzene rings is 2. The smallest absolute Gasteiger partial charge is 0.255 e. The average molecular weight is 343 g/mol. The third kappa shape index (κ3) is 3.62. The molecule has 0 fully saturated rings. The molecule has 2 aromatic rings. The van der Waals surface area contributed by atoms with E-state index < -0.39 is 21.7 Å². The molecule has 0 unspecified atom stereocenters. The van der Waals surface area contributed by atoms with E-state index in [1.807, 2.05) is 0 Å². The molecule has 0 bridgehead atoms. The topological polar surface area (TPSA) is 75.3 Å². The highest BCUT2D eigenvalue weighted by Crippen LogP contribution is 2.20. The van der Waals surface area contributed by atoms with Crippen LogP contribution in [0.4, 0.5) is 10.1 Å². The Morgan fingerprint density at radius 3 is 2.32 bits per heavy atom. The molecule has 1 amide bonds. The molecule has 0 aromatic heterocycles. The summed E-state index contributed by atoms with van der Waals surface area (Å²) in [6, 6.07) is 9.14. The first-order chi connectivity index (χ1) is 10.3. The summed E-state index contributed by atoms with van der Waals surface area (Å²) in [5.41, 5.74) is 0.186. The predicted molar refractivity (Wildman–Crippen MR) is 82.1 cm³/mol. The molecular weight excluding hydrogens is 331 g/mol. The number of carbonyl (C=O) groups is 1. The van der Waals surface area contributed by atoms with Crippen molar-refractivity contribution in [2.75, 3.05) is 12.4 Å². The van der Waals surface area contributed by atoms with E-state index in [0.717, 1.165) is 6.07 Å². The molecule has 8 heteroatoms. The van der Waals surface area contributed by atoms with Crippen molar-refractivity contribution in [1.29, 1.82) is 0 Å². The molecule has 0 aliphatic heterocycles. The zero-order chi connectivity index (χ0) is 16.3. The number of sulfonamides is 1. The lowest BCUT2D eigenvalue weighted by molar-refractivity contribution is 0.102. The molecule has 116 valence electrons. The van der Waals surface area contributed by atoms with Crippen LogP contribution in [0.5, 0.6) is 0 Å². The van der Waals surface area contributed by atoms with Crippen molar-refractivity contribution in [2.45, 2.75) is 4.90 Å². The summed E-state index contributed by atoms with van der Waals surface area (Å²) in [7, 11) is -2.28. The average Bonchev–Trinajstić information content (AvgIpc) is 2.50. The Balaban J connectivity index is 2.20. The summed E-state index contributed by atoms with van der Waals surface area (Å²) in [6.45, 7) is 0. The number of carbonyl (C=O) groups excluding carboxylic acids is 1. The van der Waals surface area contributed by atoms with Crippen molar-refractivity contribution < 1.29 is 17.6 Å². The number of anilines is 1. The zero-order valence-electron chi connectivity index (χ0n) is 11.4. The molecule has 0 heterocycles. The van der Waals surface area contributed by atoms with Crippen LogP contribution >= 0.6 is 11.6 Å². The fourth-order valence-corrected chi connectivity index (χ4v) is 2.58. The molecule has 0 radical (unpaired) electrons. The van der Waals surface area contributed by atoms with Crippen molar-refractivity contribution in [3.8, 4) is 0 Å². The van der Waals surface area contributed by atoms with Crippen LogP contribution in [0, 0.1) is 5.82 Å². The van der Waals surface area contributed by atoms with E-state index in [1.54, 1.807) is 0 Å². The van der Waals surface area contributed by atoms with Crippen LogP contribution in [0.1, 0.15) is 10.4 Å². The highest BCUT2D eigenvalue weighted by molar-refractivity contribution is 7.89. The van der Waals surface area contributed by atoms with Crippen molar-refractivity contribution in [1.82, 2.24) is 4.72 Å². The minimum absolute atomic E-state index is 0.0127. The Labute approximate surface area is 132 Å². The Kier molecular flexibility index (Phi) is 4.80. The van der Waals surface area contributed by atoms with E-state index in [-0.39, 0.29) is 21.2 Å². The van der Waals surface area contributed by atoms with Crippen molar-refractivity contribution in [3.63, 3.8) is 0 Å². The molecule has 0 spiro atoms. The lowest BCUT2D eigenvalue weighted by Gasteiger charge is -2.07. The normalized spacial score (nSPS) is 11.2. The number of hydrogen-bond donors (Lipinski definition) is 2. The van der Waals surface area contributed by atoms with E-state index in [0.29, 0.717) is 0 Å². The third-order valence-electron chi connectivity index (χ3n) is 2.87. The van der Waals surface area contributed by atoms with Gasteiger partial charge in [0.25, 0.3) is 5.91 Å². The maximum absolute atomic E-state index is 13.6. The molecule has 0 saturated heterocycles. The quantitative estimate of drug-likeness (QED) is 0.897. The minimum atomic E-state index is -3.57. The summed E-state index contributed by atoms with van der Waals surface area (Å²) < 4.78 is 38.9. The molecule has 0 saturated carbocycles. The summed E-state index contributed by atoms with van der Waals surface area (Å²) in [5, 5.41) is 2.61. The Bertz CT molecular complexity index is 807. The van der Waals surface area contributed by atoms with Gasteiger partial charge in [-0.3, -0.25) is 4.79 Å². The summed E-state index contributed by atoms with van der Waals surface area (Å²) in [4.78, 5) is 12.0. The molecule has 0 atom stereocenters. The molecule has 22 heavy (non-hydrogen) atoms. The lowest BCUT2D eigenvalue weighted by atomic mass is 10.2. The van der Waals surface area contributed by atoms with E-state index in [4.69, 9.17) is 11.6 Å². The van der Waals surface area contributed by atoms with Crippen LogP contribution in [0.2, 0.25) is 5.02 Å². The van der Waals surface area contributed by atoms with Crippen LogP contribution in [-0.2, 0) is 10.0 Å². The number of rotatable bonds is 4. The molecule has 0 aliphatic carbocycles. The summed E-state index contributed by atoms with van der Waals surface area (Å²) in [5.74, 6) is -1.22. The van der Waals surface area contributed by atoms with Gasteiger partial charge in [-0.25, -0.2) is 17.5 Å². The van der Waals surface area contributed by atoms with Gasteiger partial charge < -0.3 is 5.32 Å². The highest BCUT2D eigenvalue weighted by atomic mass is 35.5. The first-order valence-electron chi connectivity index (χ1n) is 6.13. The van der Waals surface area contributed by atoms with Gasteiger partial charge in [0.05, 0.1) is 10.6 Å². The molecule has 2 aromatic carbocycles. The van der Waals surface area contributed by atoms with E-state index >= 15 is 0 Å². The Morgan fingerprint density at radius 1 is 1.14 bits per heavy atom. The van der Waals surface area contributed by atoms with E-state index in [1.165, 1.54) is 43.4 Å². The second-order valence-corrected chi connectivity index (χ2v) is 6.63. The molecule has 2 N–H and O–H groups in total. The van der Waals surface area contributed by atoms with Gasteiger partial charge in [-0.2, -0.15) is 0 Å². The van der Waals surface area contributed by atoms with Crippen LogP contribution in [0.25, 0.3) is 0 Å². The van der Waals surface area contributed by atoms with Crippen molar-refractivity contribution in [2.24, 2.45) is 0 Å². The maximum atomic E-state index is 13.6. The molecule has 0 aliphatic rings. The van der Waals surface area contributed by atoms with Crippen LogP contribution in [0.3, 0.4) is 0 Å². The highest BCUT2D eigenvalue weighted by Gasteiger charge is 2.13. The van der Waals surface area contributed by atoms with Crippen molar-refractivity contribution in [3.05, 3.63) is 58.9 Å².